The maximum atomic E-state index is 14.4. The van der Waals surface area contributed by atoms with Crippen LogP contribution in [-0.2, 0) is 22.8 Å². The van der Waals surface area contributed by atoms with Gasteiger partial charge in [-0.25, -0.2) is 12.8 Å². The summed E-state index contributed by atoms with van der Waals surface area (Å²) in [6, 6.07) is 8.23. The Labute approximate surface area is 184 Å². The number of fused-ring (bicyclic) bond motifs is 1. The van der Waals surface area contributed by atoms with Crippen molar-refractivity contribution in [2.75, 3.05) is 11.6 Å². The summed E-state index contributed by atoms with van der Waals surface area (Å²) in [6.45, 7) is 0.787. The maximum Gasteiger partial charge on any atom is 0.255 e. The van der Waals surface area contributed by atoms with Gasteiger partial charge in [0.05, 0.1) is 15.6 Å². The molecular weight excluding hydrogens is 443 g/mol. The molecule has 1 amide bonds. The van der Waals surface area contributed by atoms with E-state index in [1.165, 1.54) is 30.3 Å². The molecule has 3 aromatic rings. The lowest BCUT2D eigenvalue weighted by Gasteiger charge is -2.11. The highest BCUT2D eigenvalue weighted by atomic mass is 35.5. The fourth-order valence-corrected chi connectivity index (χ4v) is 4.88. The van der Waals surface area contributed by atoms with Crippen molar-refractivity contribution in [1.82, 2.24) is 14.8 Å². The Hall–Kier alpha value is -2.78. The second-order valence-corrected chi connectivity index (χ2v) is 9.86. The quantitative estimate of drug-likeness (QED) is 0.629. The standard InChI is InChI=1S/C21H20ClFN4O3S/c1-31(29,30)18-12-14(6-8-15(18)22)21(28)24-17-11-13(7-9-16(17)23)20-26-25-19-5-3-2-4-10-27(19)20/h6-9,11-12H,2-5,10H2,1H3,(H,24,28). The SMILES string of the molecule is CS(=O)(=O)c1cc(C(=O)Nc2cc(-c3nnc4n3CCCCC4)ccc2F)ccc1Cl. The number of amides is 1. The van der Waals surface area contributed by atoms with Crippen LogP contribution in [0.4, 0.5) is 10.1 Å². The number of hydrogen-bond acceptors (Lipinski definition) is 5. The van der Waals surface area contributed by atoms with Crippen molar-refractivity contribution >= 4 is 33.0 Å². The molecule has 1 aliphatic heterocycles. The van der Waals surface area contributed by atoms with Gasteiger partial charge in [0, 0.05) is 30.3 Å². The van der Waals surface area contributed by atoms with E-state index in [2.05, 4.69) is 15.5 Å². The van der Waals surface area contributed by atoms with Gasteiger partial charge in [-0.15, -0.1) is 10.2 Å². The number of nitrogens with one attached hydrogen (secondary N) is 1. The van der Waals surface area contributed by atoms with E-state index in [1.54, 1.807) is 6.07 Å². The molecule has 31 heavy (non-hydrogen) atoms. The van der Waals surface area contributed by atoms with Crippen molar-refractivity contribution in [2.24, 2.45) is 0 Å². The summed E-state index contributed by atoms with van der Waals surface area (Å²) in [7, 11) is -3.62. The summed E-state index contributed by atoms with van der Waals surface area (Å²) in [4.78, 5) is 12.5. The Morgan fingerprint density at radius 3 is 2.71 bits per heavy atom. The molecule has 0 spiro atoms. The van der Waals surface area contributed by atoms with Gasteiger partial charge in [-0.2, -0.15) is 0 Å². The number of aryl methyl sites for hydroxylation is 1. The van der Waals surface area contributed by atoms with Crippen molar-refractivity contribution in [3.8, 4) is 11.4 Å². The summed E-state index contributed by atoms with van der Waals surface area (Å²) in [5, 5.41) is 11.0. The first kappa shape index (κ1) is 21.5. The molecule has 0 radical (unpaired) electrons. The monoisotopic (exact) mass is 462 g/mol. The number of aromatic nitrogens is 3. The molecule has 4 rings (SSSR count). The lowest BCUT2D eigenvalue weighted by molar-refractivity contribution is 0.102. The van der Waals surface area contributed by atoms with Crippen LogP contribution in [0.25, 0.3) is 11.4 Å². The molecule has 1 aliphatic rings. The number of benzene rings is 2. The molecule has 0 unspecified atom stereocenters. The number of halogens is 2. The predicted molar refractivity (Wildman–Crippen MR) is 115 cm³/mol. The van der Waals surface area contributed by atoms with Gasteiger partial charge in [0.2, 0.25) is 0 Å². The molecule has 0 atom stereocenters. The van der Waals surface area contributed by atoms with Gasteiger partial charge in [-0.3, -0.25) is 4.79 Å². The Kier molecular flexibility index (Phi) is 5.81. The summed E-state index contributed by atoms with van der Waals surface area (Å²) in [5.41, 5.74) is 0.639. The fraction of sp³-hybridized carbons (Fsp3) is 0.286. The first-order valence-corrected chi connectivity index (χ1v) is 12.0. The van der Waals surface area contributed by atoms with Crippen molar-refractivity contribution in [3.05, 3.63) is 58.6 Å². The molecule has 0 saturated carbocycles. The Morgan fingerprint density at radius 2 is 1.94 bits per heavy atom. The molecule has 2 heterocycles. The lowest BCUT2D eigenvalue weighted by Crippen LogP contribution is -2.14. The van der Waals surface area contributed by atoms with Gasteiger partial charge >= 0.3 is 0 Å². The molecule has 7 nitrogen and oxygen atoms in total. The lowest BCUT2D eigenvalue weighted by atomic mass is 10.1. The number of rotatable bonds is 4. The zero-order valence-corrected chi connectivity index (χ0v) is 18.3. The molecule has 162 valence electrons. The maximum absolute atomic E-state index is 14.4. The van der Waals surface area contributed by atoms with Gasteiger partial charge in [-0.1, -0.05) is 18.0 Å². The van der Waals surface area contributed by atoms with E-state index in [-0.39, 0.29) is 21.2 Å². The van der Waals surface area contributed by atoms with E-state index in [1.807, 2.05) is 4.57 Å². The minimum Gasteiger partial charge on any atom is -0.319 e. The van der Waals surface area contributed by atoms with E-state index in [9.17, 15) is 17.6 Å². The molecule has 0 bridgehead atoms. The molecular formula is C21H20ClFN4O3S. The van der Waals surface area contributed by atoms with E-state index < -0.39 is 21.6 Å². The molecule has 0 aliphatic carbocycles. The first-order chi connectivity index (χ1) is 14.7. The summed E-state index contributed by atoms with van der Waals surface area (Å²) >= 11 is 5.93. The number of sulfone groups is 1. The second-order valence-electron chi connectivity index (χ2n) is 7.47. The highest BCUT2D eigenvalue weighted by Gasteiger charge is 2.19. The number of nitrogens with zero attached hydrogens (tertiary/aromatic N) is 3. The molecule has 1 N–H and O–H groups in total. The number of carbonyl (C=O) groups excluding carboxylic acids is 1. The van der Waals surface area contributed by atoms with E-state index >= 15 is 0 Å². The third kappa shape index (κ3) is 4.47. The van der Waals surface area contributed by atoms with Crippen molar-refractivity contribution in [1.29, 1.82) is 0 Å². The highest BCUT2D eigenvalue weighted by molar-refractivity contribution is 7.90. The van der Waals surface area contributed by atoms with Gasteiger partial charge in [-0.05, 0) is 49.2 Å². The fourth-order valence-electron chi connectivity index (χ4n) is 3.58. The predicted octanol–water partition coefficient (Wildman–Crippen LogP) is 4.12. The van der Waals surface area contributed by atoms with Crippen LogP contribution in [-0.4, -0.2) is 35.3 Å². The average molecular weight is 463 g/mol. The zero-order chi connectivity index (χ0) is 22.2. The largest absolute Gasteiger partial charge is 0.319 e. The third-order valence-corrected chi connectivity index (χ3v) is 6.75. The van der Waals surface area contributed by atoms with Gasteiger partial charge in [0.1, 0.15) is 11.6 Å². The van der Waals surface area contributed by atoms with Crippen molar-refractivity contribution in [3.63, 3.8) is 0 Å². The zero-order valence-electron chi connectivity index (χ0n) is 16.7. The van der Waals surface area contributed by atoms with Crippen LogP contribution in [0.15, 0.2) is 41.3 Å². The molecule has 0 saturated heterocycles. The van der Waals surface area contributed by atoms with Gasteiger partial charge in [0.15, 0.2) is 15.7 Å². The topological polar surface area (TPSA) is 93.9 Å². The molecule has 10 heteroatoms. The van der Waals surface area contributed by atoms with Crippen molar-refractivity contribution in [2.45, 2.75) is 37.1 Å². The van der Waals surface area contributed by atoms with Crippen LogP contribution in [0, 0.1) is 5.82 Å². The third-order valence-electron chi connectivity index (χ3n) is 5.18. The normalized spacial score (nSPS) is 14.0. The van der Waals surface area contributed by atoms with Crippen molar-refractivity contribution < 1.29 is 17.6 Å². The number of anilines is 1. The van der Waals surface area contributed by atoms with Crippen LogP contribution in [0.2, 0.25) is 5.02 Å². The van der Waals surface area contributed by atoms with Gasteiger partial charge < -0.3 is 9.88 Å². The Bertz CT molecular complexity index is 1270. The van der Waals surface area contributed by atoms with E-state index in [0.29, 0.717) is 11.4 Å². The van der Waals surface area contributed by atoms with Crippen LogP contribution in [0.3, 0.4) is 0 Å². The van der Waals surface area contributed by atoms with E-state index in [4.69, 9.17) is 11.6 Å². The number of carbonyl (C=O) groups is 1. The summed E-state index contributed by atoms with van der Waals surface area (Å²) < 4.78 is 40.2. The van der Waals surface area contributed by atoms with Gasteiger partial charge in [0.25, 0.3) is 5.91 Å². The van der Waals surface area contributed by atoms with Crippen LogP contribution >= 0.6 is 11.6 Å². The second kappa shape index (κ2) is 8.39. The van der Waals surface area contributed by atoms with E-state index in [0.717, 1.165) is 44.3 Å². The highest BCUT2D eigenvalue weighted by Crippen LogP contribution is 2.28. The van der Waals surface area contributed by atoms with Crippen LogP contribution < -0.4 is 5.32 Å². The molecule has 1 aromatic heterocycles. The first-order valence-electron chi connectivity index (χ1n) is 9.77. The minimum absolute atomic E-state index is 0.0136. The molecule has 0 fully saturated rings. The van der Waals surface area contributed by atoms with Crippen LogP contribution in [0.1, 0.15) is 35.4 Å². The summed E-state index contributed by atoms with van der Waals surface area (Å²) in [6.07, 6.45) is 5.03. The molecule has 2 aromatic carbocycles. The Balaban J connectivity index is 1.65. The summed E-state index contributed by atoms with van der Waals surface area (Å²) in [5.74, 6) is 0.248. The Morgan fingerprint density at radius 1 is 1.13 bits per heavy atom. The minimum atomic E-state index is -3.62. The average Bonchev–Trinajstić information content (AvgIpc) is 2.97. The smallest absolute Gasteiger partial charge is 0.255 e. The number of hydrogen-bond donors (Lipinski definition) is 1. The van der Waals surface area contributed by atoms with Crippen LogP contribution in [0.5, 0.6) is 0 Å².